The molecule has 1 aliphatic rings. The summed E-state index contributed by atoms with van der Waals surface area (Å²) in [4.78, 5) is 49.3. The van der Waals surface area contributed by atoms with Crippen LogP contribution in [0.3, 0.4) is 0 Å². The Labute approximate surface area is 172 Å². The average molecular weight is 407 g/mol. The molecule has 1 atom stereocenters. The number of carboxylic acid groups (broad SMARTS) is 1. The number of hydrogen-bond donors (Lipinski definition) is 1. The number of hydrogen-bond acceptors (Lipinski definition) is 6. The van der Waals surface area contributed by atoms with Crippen LogP contribution in [0.25, 0.3) is 6.08 Å². The van der Waals surface area contributed by atoms with Gasteiger partial charge in [-0.15, -0.1) is 0 Å². The molecule has 0 radical (unpaired) electrons. The third-order valence-electron chi connectivity index (χ3n) is 4.75. The molecule has 1 heterocycles. The zero-order valence-corrected chi connectivity index (χ0v) is 16.6. The number of ether oxygens (including phenoxy) is 1. The first-order valence-electron chi connectivity index (χ1n) is 9.14. The van der Waals surface area contributed by atoms with Crippen LogP contribution in [0.2, 0.25) is 0 Å². The van der Waals surface area contributed by atoms with Gasteiger partial charge in [0.25, 0.3) is 11.8 Å². The summed E-state index contributed by atoms with van der Waals surface area (Å²) in [6.07, 6.45) is 0.228. The van der Waals surface area contributed by atoms with Gasteiger partial charge < -0.3 is 14.6 Å². The van der Waals surface area contributed by atoms with E-state index < -0.39 is 29.9 Å². The Bertz CT molecular complexity index is 1070. The van der Waals surface area contributed by atoms with Crippen LogP contribution in [0, 0.1) is 13.8 Å². The minimum atomic E-state index is -1.35. The van der Waals surface area contributed by atoms with Gasteiger partial charge in [-0.3, -0.25) is 14.9 Å². The quantitative estimate of drug-likeness (QED) is 0.593. The van der Waals surface area contributed by atoms with Gasteiger partial charge in [-0.1, -0.05) is 24.3 Å². The number of carbonyl (C=O) groups excluding carboxylic acids is 4. The zero-order chi connectivity index (χ0) is 22.0. The van der Waals surface area contributed by atoms with Crippen molar-refractivity contribution in [1.29, 1.82) is 0 Å². The van der Waals surface area contributed by atoms with Gasteiger partial charge in [0, 0.05) is 0 Å². The molecule has 4 amide bonds. The maximum absolute atomic E-state index is 13.0. The number of benzene rings is 2. The highest BCUT2D eigenvalue weighted by Crippen LogP contribution is 2.27. The molecule has 1 saturated heterocycles. The fourth-order valence-corrected chi connectivity index (χ4v) is 2.92. The number of anilines is 1. The summed E-state index contributed by atoms with van der Waals surface area (Å²) >= 11 is 0. The van der Waals surface area contributed by atoms with E-state index in [1.165, 1.54) is 25.1 Å². The highest BCUT2D eigenvalue weighted by molar-refractivity contribution is 6.39. The number of nitrogens with one attached hydrogen (secondary N) is 1. The van der Waals surface area contributed by atoms with E-state index in [1.807, 2.05) is 13.0 Å². The number of aliphatic carboxylic acids is 1. The molecule has 0 unspecified atom stereocenters. The van der Waals surface area contributed by atoms with Gasteiger partial charge in [-0.2, -0.15) is 0 Å². The molecule has 154 valence electrons. The summed E-state index contributed by atoms with van der Waals surface area (Å²) < 4.78 is 5.19. The van der Waals surface area contributed by atoms with Crippen molar-refractivity contribution in [3.63, 3.8) is 0 Å². The minimum absolute atomic E-state index is 0.202. The number of rotatable bonds is 5. The molecule has 8 heteroatoms. The summed E-state index contributed by atoms with van der Waals surface area (Å²) in [6.45, 7) is 4.99. The van der Waals surface area contributed by atoms with E-state index in [0.29, 0.717) is 17.0 Å². The Morgan fingerprint density at radius 1 is 1.10 bits per heavy atom. The van der Waals surface area contributed by atoms with Crippen LogP contribution in [-0.2, 0) is 14.4 Å². The number of urea groups is 1. The molecule has 0 bridgehead atoms. The molecule has 0 aliphatic carbocycles. The Morgan fingerprint density at radius 3 is 2.40 bits per heavy atom. The number of barbiturate groups is 1. The number of nitrogens with zero attached hydrogens (tertiary/aromatic N) is 1. The highest BCUT2D eigenvalue weighted by atomic mass is 16.5. The smallest absolute Gasteiger partial charge is 0.335 e. The van der Waals surface area contributed by atoms with Crippen molar-refractivity contribution in [1.82, 2.24) is 5.32 Å². The van der Waals surface area contributed by atoms with Crippen molar-refractivity contribution in [2.45, 2.75) is 26.9 Å². The van der Waals surface area contributed by atoms with Crippen LogP contribution < -0.4 is 20.1 Å². The van der Waals surface area contributed by atoms with Crippen molar-refractivity contribution in [2.24, 2.45) is 0 Å². The van der Waals surface area contributed by atoms with Crippen molar-refractivity contribution >= 4 is 35.6 Å². The molecule has 2 aromatic rings. The normalized spacial score (nSPS) is 16.4. The van der Waals surface area contributed by atoms with E-state index in [4.69, 9.17) is 4.74 Å². The molecule has 1 N–H and O–H groups in total. The second-order valence-corrected chi connectivity index (χ2v) is 6.83. The van der Waals surface area contributed by atoms with Gasteiger partial charge in [-0.25, -0.2) is 9.69 Å². The topological polar surface area (TPSA) is 116 Å². The molecule has 2 aromatic carbocycles. The Kier molecular flexibility index (Phi) is 5.68. The van der Waals surface area contributed by atoms with Gasteiger partial charge in [0.1, 0.15) is 17.4 Å². The highest BCUT2D eigenvalue weighted by Gasteiger charge is 2.37. The Morgan fingerprint density at radius 2 is 1.77 bits per heavy atom. The molecule has 1 fully saturated rings. The van der Waals surface area contributed by atoms with Crippen LogP contribution in [0.15, 0.2) is 48.0 Å². The number of imide groups is 2. The molecule has 0 saturated carbocycles. The maximum atomic E-state index is 13.0. The summed E-state index contributed by atoms with van der Waals surface area (Å²) in [5, 5.41) is 13.0. The second kappa shape index (κ2) is 8.20. The first-order valence-corrected chi connectivity index (χ1v) is 9.14. The van der Waals surface area contributed by atoms with Gasteiger partial charge in [0.05, 0.1) is 11.7 Å². The summed E-state index contributed by atoms with van der Waals surface area (Å²) in [6, 6.07) is 10.5. The summed E-state index contributed by atoms with van der Waals surface area (Å²) in [7, 11) is 0. The number of carbonyl (C=O) groups is 4. The second-order valence-electron chi connectivity index (χ2n) is 6.83. The molecule has 1 aliphatic heterocycles. The van der Waals surface area contributed by atoms with E-state index in [2.05, 4.69) is 5.32 Å². The lowest BCUT2D eigenvalue weighted by atomic mass is 10.0. The molecule has 0 spiro atoms. The third-order valence-corrected chi connectivity index (χ3v) is 4.75. The molecular weight excluding hydrogens is 388 g/mol. The van der Waals surface area contributed by atoms with Crippen LogP contribution in [0.1, 0.15) is 23.6 Å². The summed E-state index contributed by atoms with van der Waals surface area (Å²) in [5.74, 6) is -2.58. The zero-order valence-electron chi connectivity index (χ0n) is 16.6. The molecule has 30 heavy (non-hydrogen) atoms. The van der Waals surface area contributed by atoms with Crippen molar-refractivity contribution < 1.29 is 29.0 Å². The lowest BCUT2D eigenvalue weighted by Gasteiger charge is -2.28. The maximum Gasteiger partial charge on any atom is 0.335 e. The Balaban J connectivity index is 1.91. The average Bonchev–Trinajstić information content (AvgIpc) is 2.69. The van der Waals surface area contributed by atoms with Gasteiger partial charge in [0.2, 0.25) is 0 Å². The SMILES string of the molecule is Cc1cccc(N2C(=O)NC(=O)/C(=C/c3ccc(O[C@@H](C)C(=O)[O-])cc3)C2=O)c1C. The largest absolute Gasteiger partial charge is 0.546 e. The van der Waals surface area contributed by atoms with E-state index >= 15 is 0 Å². The lowest BCUT2D eigenvalue weighted by molar-refractivity contribution is -0.312. The van der Waals surface area contributed by atoms with Crippen LogP contribution in [0.5, 0.6) is 5.75 Å². The molecular formula is C22H19N2O6-. The lowest BCUT2D eigenvalue weighted by Crippen LogP contribution is -2.54. The fraction of sp³-hybridized carbons (Fsp3) is 0.182. The monoisotopic (exact) mass is 407 g/mol. The number of aryl methyl sites for hydroxylation is 1. The molecule has 8 nitrogen and oxygen atoms in total. The van der Waals surface area contributed by atoms with E-state index in [-0.39, 0.29) is 5.57 Å². The van der Waals surface area contributed by atoms with Crippen LogP contribution in [0.4, 0.5) is 10.5 Å². The summed E-state index contributed by atoms with van der Waals surface area (Å²) in [5.41, 5.74) is 2.34. The van der Waals surface area contributed by atoms with Crippen molar-refractivity contribution in [3.05, 3.63) is 64.7 Å². The predicted molar refractivity (Wildman–Crippen MR) is 106 cm³/mol. The van der Waals surface area contributed by atoms with Crippen LogP contribution >= 0.6 is 0 Å². The van der Waals surface area contributed by atoms with E-state index in [1.54, 1.807) is 31.2 Å². The predicted octanol–water partition coefficient (Wildman–Crippen LogP) is 1.49. The standard InChI is InChI=1S/C22H20N2O6/c1-12-5-4-6-18(13(12)2)24-20(26)17(19(25)23-22(24)29)11-15-7-9-16(10-8-15)30-14(3)21(27)28/h4-11,14H,1-3H3,(H,27,28)(H,23,25,29)/p-1/b17-11-/t14-/m0/s1. The fourth-order valence-electron chi connectivity index (χ4n) is 2.92. The van der Waals surface area contributed by atoms with Crippen molar-refractivity contribution in [2.75, 3.05) is 4.90 Å². The molecule has 3 rings (SSSR count). The van der Waals surface area contributed by atoms with Gasteiger partial charge in [0.15, 0.2) is 0 Å². The van der Waals surface area contributed by atoms with Gasteiger partial charge in [-0.05, 0) is 61.7 Å². The first-order chi connectivity index (χ1) is 14.2. The van der Waals surface area contributed by atoms with Crippen molar-refractivity contribution in [3.8, 4) is 5.75 Å². The van der Waals surface area contributed by atoms with E-state index in [0.717, 1.165) is 16.0 Å². The third kappa shape index (κ3) is 4.07. The minimum Gasteiger partial charge on any atom is -0.546 e. The first kappa shape index (κ1) is 20.8. The number of amides is 4. The van der Waals surface area contributed by atoms with Crippen LogP contribution in [-0.4, -0.2) is 29.9 Å². The molecule has 0 aromatic heterocycles. The number of carboxylic acids is 1. The van der Waals surface area contributed by atoms with E-state index in [9.17, 15) is 24.3 Å². The van der Waals surface area contributed by atoms with Gasteiger partial charge >= 0.3 is 6.03 Å². The Hall–Kier alpha value is -3.94.